The van der Waals surface area contributed by atoms with Crippen LogP contribution >= 0.6 is 0 Å². The van der Waals surface area contributed by atoms with Crippen molar-refractivity contribution >= 4 is 0 Å². The number of rotatable bonds is 2. The van der Waals surface area contributed by atoms with E-state index in [9.17, 15) is 4.39 Å². The minimum absolute atomic E-state index is 0.127. The average molecular weight is 203 g/mol. The van der Waals surface area contributed by atoms with Crippen molar-refractivity contribution in [1.82, 2.24) is 4.57 Å². The zero-order valence-electron chi connectivity index (χ0n) is 9.00. The van der Waals surface area contributed by atoms with Crippen LogP contribution in [0.1, 0.15) is 16.8 Å². The summed E-state index contributed by atoms with van der Waals surface area (Å²) in [6, 6.07) is 9.44. The third-order valence-electron chi connectivity index (χ3n) is 2.65. The Labute approximate surface area is 89.2 Å². The molecular weight excluding hydrogens is 189 g/mol. The molecule has 78 valence electrons. The van der Waals surface area contributed by atoms with Gasteiger partial charge in [-0.15, -0.1) is 0 Å². The maximum Gasteiger partial charge on any atom is 0.126 e. The van der Waals surface area contributed by atoms with Crippen LogP contribution in [-0.4, -0.2) is 4.57 Å². The Morgan fingerprint density at radius 1 is 1.20 bits per heavy atom. The quantitative estimate of drug-likeness (QED) is 0.705. The average Bonchev–Trinajstić information content (AvgIpc) is 2.59. The first-order chi connectivity index (χ1) is 7.16. The molecule has 0 aliphatic carbocycles. The standard InChI is InChI=1S/C13H14FN/c1-10-5-6-12(8-13(10)14)9-15-7-3-4-11(15)2/h3-8H,9H2,1-2H3. The van der Waals surface area contributed by atoms with E-state index < -0.39 is 0 Å². The van der Waals surface area contributed by atoms with Gasteiger partial charge >= 0.3 is 0 Å². The van der Waals surface area contributed by atoms with Gasteiger partial charge in [0.05, 0.1) is 0 Å². The Morgan fingerprint density at radius 3 is 2.60 bits per heavy atom. The second-order valence-electron chi connectivity index (χ2n) is 3.86. The zero-order chi connectivity index (χ0) is 10.8. The molecule has 0 saturated carbocycles. The minimum atomic E-state index is -0.127. The normalized spacial score (nSPS) is 10.6. The third kappa shape index (κ3) is 2.09. The molecule has 1 heterocycles. The van der Waals surface area contributed by atoms with Gasteiger partial charge in [-0.05, 0) is 43.2 Å². The van der Waals surface area contributed by atoms with Crippen LogP contribution in [0.5, 0.6) is 0 Å². The predicted octanol–water partition coefficient (Wildman–Crippen LogP) is 3.29. The number of halogens is 1. The van der Waals surface area contributed by atoms with Gasteiger partial charge in [-0.2, -0.15) is 0 Å². The summed E-state index contributed by atoms with van der Waals surface area (Å²) >= 11 is 0. The SMILES string of the molecule is Cc1ccc(Cn2cccc2C)cc1F. The van der Waals surface area contributed by atoms with E-state index in [-0.39, 0.29) is 5.82 Å². The Balaban J connectivity index is 2.25. The lowest BCUT2D eigenvalue weighted by atomic mass is 10.1. The number of benzene rings is 1. The highest BCUT2D eigenvalue weighted by molar-refractivity contribution is 5.24. The van der Waals surface area contributed by atoms with Crippen molar-refractivity contribution in [3.05, 3.63) is 59.2 Å². The summed E-state index contributed by atoms with van der Waals surface area (Å²) in [6.45, 7) is 4.56. The van der Waals surface area contributed by atoms with Gasteiger partial charge in [0.25, 0.3) is 0 Å². The molecule has 1 aromatic carbocycles. The van der Waals surface area contributed by atoms with E-state index in [0.717, 1.165) is 12.1 Å². The lowest BCUT2D eigenvalue weighted by molar-refractivity contribution is 0.614. The smallest absolute Gasteiger partial charge is 0.126 e. The second-order valence-corrected chi connectivity index (χ2v) is 3.86. The van der Waals surface area contributed by atoms with E-state index in [4.69, 9.17) is 0 Å². The van der Waals surface area contributed by atoms with Gasteiger partial charge in [0.1, 0.15) is 5.82 Å². The molecule has 0 radical (unpaired) electrons. The van der Waals surface area contributed by atoms with Gasteiger partial charge in [0.15, 0.2) is 0 Å². The molecule has 0 fully saturated rings. The topological polar surface area (TPSA) is 4.93 Å². The summed E-state index contributed by atoms with van der Waals surface area (Å²) in [6.07, 6.45) is 2.01. The predicted molar refractivity (Wildman–Crippen MR) is 59.4 cm³/mol. The molecule has 0 atom stereocenters. The molecule has 2 heteroatoms. The lowest BCUT2D eigenvalue weighted by Gasteiger charge is -2.07. The number of hydrogen-bond donors (Lipinski definition) is 0. The molecule has 0 amide bonds. The van der Waals surface area contributed by atoms with Gasteiger partial charge in [-0.3, -0.25) is 0 Å². The molecule has 0 spiro atoms. The molecule has 2 rings (SSSR count). The van der Waals surface area contributed by atoms with Crippen LogP contribution in [0.2, 0.25) is 0 Å². The molecule has 0 unspecified atom stereocenters. The van der Waals surface area contributed by atoms with Crippen molar-refractivity contribution in [2.75, 3.05) is 0 Å². The Hall–Kier alpha value is -1.57. The highest BCUT2D eigenvalue weighted by atomic mass is 19.1. The zero-order valence-corrected chi connectivity index (χ0v) is 9.00. The minimum Gasteiger partial charge on any atom is -0.347 e. The molecule has 1 aromatic heterocycles. The van der Waals surface area contributed by atoms with E-state index in [1.807, 2.05) is 37.4 Å². The van der Waals surface area contributed by atoms with E-state index in [1.165, 1.54) is 5.69 Å². The molecule has 0 N–H and O–H groups in total. The number of nitrogens with zero attached hydrogens (tertiary/aromatic N) is 1. The van der Waals surface area contributed by atoms with E-state index in [1.54, 1.807) is 13.0 Å². The molecule has 0 aliphatic rings. The van der Waals surface area contributed by atoms with E-state index in [2.05, 4.69) is 4.57 Å². The summed E-state index contributed by atoms with van der Waals surface area (Å²) in [5.74, 6) is -0.127. The van der Waals surface area contributed by atoms with Gasteiger partial charge in [-0.25, -0.2) is 4.39 Å². The van der Waals surface area contributed by atoms with Crippen molar-refractivity contribution in [3.8, 4) is 0 Å². The molecular formula is C13H14FN. The number of aromatic nitrogens is 1. The summed E-state index contributed by atoms with van der Waals surface area (Å²) in [5, 5.41) is 0. The van der Waals surface area contributed by atoms with Crippen LogP contribution in [0, 0.1) is 19.7 Å². The van der Waals surface area contributed by atoms with Crippen LogP contribution in [-0.2, 0) is 6.54 Å². The highest BCUT2D eigenvalue weighted by Crippen LogP contribution is 2.11. The highest BCUT2D eigenvalue weighted by Gasteiger charge is 2.01. The van der Waals surface area contributed by atoms with Crippen LogP contribution in [0.25, 0.3) is 0 Å². The second kappa shape index (κ2) is 3.89. The van der Waals surface area contributed by atoms with Crippen LogP contribution in [0.3, 0.4) is 0 Å². The maximum absolute atomic E-state index is 13.3. The van der Waals surface area contributed by atoms with Gasteiger partial charge in [-0.1, -0.05) is 12.1 Å². The van der Waals surface area contributed by atoms with Crippen molar-refractivity contribution in [2.45, 2.75) is 20.4 Å². The van der Waals surface area contributed by atoms with Gasteiger partial charge in [0.2, 0.25) is 0 Å². The Bertz CT molecular complexity index is 471. The number of aryl methyl sites for hydroxylation is 2. The van der Waals surface area contributed by atoms with E-state index in [0.29, 0.717) is 5.56 Å². The first-order valence-corrected chi connectivity index (χ1v) is 5.03. The summed E-state index contributed by atoms with van der Waals surface area (Å²) in [7, 11) is 0. The molecule has 0 bridgehead atoms. The number of hydrogen-bond acceptors (Lipinski definition) is 0. The Morgan fingerprint density at radius 2 is 2.00 bits per heavy atom. The third-order valence-corrected chi connectivity index (χ3v) is 2.65. The van der Waals surface area contributed by atoms with E-state index >= 15 is 0 Å². The first kappa shape index (κ1) is 9.97. The lowest BCUT2D eigenvalue weighted by Crippen LogP contribution is -2.00. The summed E-state index contributed by atoms with van der Waals surface area (Å²) in [5.41, 5.74) is 2.89. The van der Waals surface area contributed by atoms with Crippen LogP contribution in [0.15, 0.2) is 36.5 Å². The molecule has 0 saturated heterocycles. The monoisotopic (exact) mass is 203 g/mol. The van der Waals surface area contributed by atoms with Crippen LogP contribution in [0.4, 0.5) is 4.39 Å². The Kier molecular flexibility index (Phi) is 2.58. The summed E-state index contributed by atoms with van der Waals surface area (Å²) in [4.78, 5) is 0. The van der Waals surface area contributed by atoms with Crippen molar-refractivity contribution in [3.63, 3.8) is 0 Å². The van der Waals surface area contributed by atoms with Gasteiger partial charge in [0, 0.05) is 18.4 Å². The van der Waals surface area contributed by atoms with Crippen molar-refractivity contribution < 1.29 is 4.39 Å². The molecule has 2 aromatic rings. The maximum atomic E-state index is 13.3. The fourth-order valence-corrected chi connectivity index (χ4v) is 1.61. The fraction of sp³-hybridized carbons (Fsp3) is 0.231. The van der Waals surface area contributed by atoms with Crippen molar-refractivity contribution in [1.29, 1.82) is 0 Å². The molecule has 0 aliphatic heterocycles. The molecule has 1 nitrogen and oxygen atoms in total. The van der Waals surface area contributed by atoms with Gasteiger partial charge < -0.3 is 4.57 Å². The fourth-order valence-electron chi connectivity index (χ4n) is 1.61. The largest absolute Gasteiger partial charge is 0.347 e. The first-order valence-electron chi connectivity index (χ1n) is 5.03. The molecule has 15 heavy (non-hydrogen) atoms. The summed E-state index contributed by atoms with van der Waals surface area (Å²) < 4.78 is 15.4. The van der Waals surface area contributed by atoms with Crippen LogP contribution < -0.4 is 0 Å². The van der Waals surface area contributed by atoms with Crippen molar-refractivity contribution in [2.24, 2.45) is 0 Å².